The SMILES string of the molecule is NC1CC(c2nc3c(C(F)(F)F)cc(C(F)(F)F)cc3[nH]2)C1. The summed E-state index contributed by atoms with van der Waals surface area (Å²) in [6.45, 7) is 0. The predicted molar refractivity (Wildman–Crippen MR) is 66.0 cm³/mol. The lowest BCUT2D eigenvalue weighted by molar-refractivity contribution is -0.142. The summed E-state index contributed by atoms with van der Waals surface area (Å²) in [6, 6.07) is 0.699. The van der Waals surface area contributed by atoms with Gasteiger partial charge in [-0.25, -0.2) is 4.98 Å². The van der Waals surface area contributed by atoms with Crippen LogP contribution in [0.25, 0.3) is 11.0 Å². The molecule has 0 atom stereocenters. The summed E-state index contributed by atoms with van der Waals surface area (Å²) in [4.78, 5) is 6.44. The van der Waals surface area contributed by atoms with Crippen LogP contribution in [0.4, 0.5) is 26.3 Å². The Morgan fingerprint density at radius 3 is 2.18 bits per heavy atom. The van der Waals surface area contributed by atoms with Gasteiger partial charge in [0.1, 0.15) is 11.3 Å². The van der Waals surface area contributed by atoms with E-state index >= 15 is 0 Å². The minimum atomic E-state index is -4.91. The number of benzene rings is 1. The molecule has 3 nitrogen and oxygen atoms in total. The van der Waals surface area contributed by atoms with Crippen LogP contribution in [0.2, 0.25) is 0 Å². The largest absolute Gasteiger partial charge is 0.418 e. The van der Waals surface area contributed by atoms with Gasteiger partial charge in [0.2, 0.25) is 0 Å². The Bertz CT molecular complexity index is 709. The van der Waals surface area contributed by atoms with E-state index in [0.29, 0.717) is 18.9 Å². The van der Waals surface area contributed by atoms with E-state index in [4.69, 9.17) is 5.73 Å². The summed E-state index contributed by atoms with van der Waals surface area (Å²) in [5.74, 6) is 0.111. The van der Waals surface area contributed by atoms with Gasteiger partial charge in [-0.2, -0.15) is 26.3 Å². The highest BCUT2D eigenvalue weighted by molar-refractivity contribution is 5.80. The van der Waals surface area contributed by atoms with Crippen LogP contribution in [0.5, 0.6) is 0 Å². The van der Waals surface area contributed by atoms with Gasteiger partial charge in [0.25, 0.3) is 0 Å². The third-order valence-corrected chi connectivity index (χ3v) is 3.80. The minimum absolute atomic E-state index is 0.0500. The second-order valence-electron chi connectivity index (χ2n) is 5.47. The Morgan fingerprint density at radius 1 is 1.05 bits per heavy atom. The van der Waals surface area contributed by atoms with Gasteiger partial charge in [0, 0.05) is 12.0 Å². The Labute approximate surface area is 120 Å². The average molecular weight is 323 g/mol. The van der Waals surface area contributed by atoms with E-state index in [2.05, 4.69) is 9.97 Å². The highest BCUT2D eigenvalue weighted by Crippen LogP contribution is 2.41. The molecule has 1 aromatic carbocycles. The van der Waals surface area contributed by atoms with Crippen molar-refractivity contribution in [2.75, 3.05) is 0 Å². The molecule has 0 aliphatic heterocycles. The van der Waals surface area contributed by atoms with Crippen molar-refractivity contribution >= 4 is 11.0 Å². The van der Waals surface area contributed by atoms with Crippen LogP contribution in [-0.4, -0.2) is 16.0 Å². The van der Waals surface area contributed by atoms with Crippen molar-refractivity contribution < 1.29 is 26.3 Å². The Morgan fingerprint density at radius 2 is 1.68 bits per heavy atom. The summed E-state index contributed by atoms with van der Waals surface area (Å²) in [7, 11) is 0. The lowest BCUT2D eigenvalue weighted by Gasteiger charge is -2.30. The molecule has 2 aromatic rings. The predicted octanol–water partition coefficient (Wildman–Crippen LogP) is 3.81. The molecular weight excluding hydrogens is 312 g/mol. The average Bonchev–Trinajstić information content (AvgIpc) is 2.74. The molecule has 1 fully saturated rings. The van der Waals surface area contributed by atoms with Crippen LogP contribution in [0, 0.1) is 0 Å². The van der Waals surface area contributed by atoms with Crippen molar-refractivity contribution in [1.82, 2.24) is 9.97 Å². The number of fused-ring (bicyclic) bond motifs is 1. The van der Waals surface area contributed by atoms with Crippen LogP contribution in [0.3, 0.4) is 0 Å². The normalized spacial score (nSPS) is 22.9. The molecule has 1 heterocycles. The zero-order chi connectivity index (χ0) is 16.3. The second-order valence-corrected chi connectivity index (χ2v) is 5.47. The summed E-state index contributed by atoms with van der Waals surface area (Å²) in [5.41, 5.74) is 2.11. The minimum Gasteiger partial charge on any atom is -0.342 e. The van der Waals surface area contributed by atoms with E-state index in [1.807, 2.05) is 0 Å². The van der Waals surface area contributed by atoms with Crippen LogP contribution < -0.4 is 5.73 Å². The van der Waals surface area contributed by atoms with E-state index in [-0.39, 0.29) is 29.4 Å². The number of hydrogen-bond acceptors (Lipinski definition) is 2. The molecular formula is C13H11F6N3. The summed E-state index contributed by atoms with van der Waals surface area (Å²) in [5, 5.41) is 0. The number of rotatable bonds is 1. The maximum absolute atomic E-state index is 13.0. The maximum Gasteiger partial charge on any atom is 0.418 e. The number of halogens is 6. The van der Waals surface area contributed by atoms with Gasteiger partial charge >= 0.3 is 12.4 Å². The van der Waals surface area contributed by atoms with Gasteiger partial charge in [-0.3, -0.25) is 0 Å². The lowest BCUT2D eigenvalue weighted by atomic mass is 9.80. The topological polar surface area (TPSA) is 54.7 Å². The number of hydrogen-bond donors (Lipinski definition) is 2. The summed E-state index contributed by atoms with van der Waals surface area (Å²) in [6.07, 6.45) is -8.68. The fourth-order valence-electron chi connectivity index (χ4n) is 2.59. The number of imidazole rings is 1. The molecule has 1 aromatic heterocycles. The van der Waals surface area contributed by atoms with E-state index in [1.54, 1.807) is 0 Å². The maximum atomic E-state index is 13.0. The van der Waals surface area contributed by atoms with Crippen LogP contribution in [0.15, 0.2) is 12.1 Å². The third-order valence-electron chi connectivity index (χ3n) is 3.80. The molecule has 0 bridgehead atoms. The number of aromatic amines is 1. The van der Waals surface area contributed by atoms with E-state index in [0.717, 1.165) is 0 Å². The number of aromatic nitrogens is 2. The molecule has 0 saturated heterocycles. The molecule has 0 spiro atoms. The van der Waals surface area contributed by atoms with Crippen LogP contribution in [0.1, 0.15) is 35.7 Å². The van der Waals surface area contributed by atoms with Crippen molar-refractivity contribution in [2.24, 2.45) is 5.73 Å². The van der Waals surface area contributed by atoms with Crippen molar-refractivity contribution in [3.05, 3.63) is 29.1 Å². The van der Waals surface area contributed by atoms with Crippen molar-refractivity contribution in [2.45, 2.75) is 37.2 Å². The summed E-state index contributed by atoms with van der Waals surface area (Å²) >= 11 is 0. The monoisotopic (exact) mass is 323 g/mol. The van der Waals surface area contributed by atoms with E-state index in [1.165, 1.54) is 0 Å². The van der Waals surface area contributed by atoms with Crippen molar-refractivity contribution in [3.8, 4) is 0 Å². The Balaban J connectivity index is 2.16. The number of nitrogens with one attached hydrogen (secondary N) is 1. The number of H-pyrrole nitrogens is 1. The fraction of sp³-hybridized carbons (Fsp3) is 0.462. The molecule has 1 aliphatic carbocycles. The molecule has 22 heavy (non-hydrogen) atoms. The highest BCUT2D eigenvalue weighted by Gasteiger charge is 2.40. The van der Waals surface area contributed by atoms with Gasteiger partial charge in [0.05, 0.1) is 16.6 Å². The van der Waals surface area contributed by atoms with Gasteiger partial charge in [-0.15, -0.1) is 0 Å². The zero-order valence-electron chi connectivity index (χ0n) is 11.0. The second kappa shape index (κ2) is 4.61. The van der Waals surface area contributed by atoms with Crippen LogP contribution in [-0.2, 0) is 12.4 Å². The fourth-order valence-corrected chi connectivity index (χ4v) is 2.59. The number of alkyl halides is 6. The molecule has 120 valence electrons. The molecule has 1 aliphatic rings. The first-order valence-electron chi connectivity index (χ1n) is 6.49. The number of nitrogens with zero attached hydrogens (tertiary/aromatic N) is 1. The zero-order valence-corrected chi connectivity index (χ0v) is 11.0. The standard InChI is InChI=1S/C13H11F6N3/c14-12(15,16)6-3-8(13(17,18)19)10-9(4-6)21-11(22-10)5-1-7(20)2-5/h3-5,7H,1-2,20H2,(H,21,22). The summed E-state index contributed by atoms with van der Waals surface area (Å²) < 4.78 is 77.3. The first kappa shape index (κ1) is 15.1. The molecule has 0 unspecified atom stereocenters. The first-order chi connectivity index (χ1) is 10.1. The van der Waals surface area contributed by atoms with Crippen molar-refractivity contribution in [3.63, 3.8) is 0 Å². The van der Waals surface area contributed by atoms with E-state index < -0.39 is 29.0 Å². The molecule has 0 radical (unpaired) electrons. The highest BCUT2D eigenvalue weighted by atomic mass is 19.4. The molecule has 1 saturated carbocycles. The van der Waals surface area contributed by atoms with Gasteiger partial charge in [-0.1, -0.05) is 0 Å². The number of nitrogens with two attached hydrogens (primary N) is 1. The third kappa shape index (κ3) is 2.53. The molecule has 3 N–H and O–H groups in total. The Hall–Kier alpha value is -1.77. The molecule has 3 rings (SSSR count). The quantitative estimate of drug-likeness (QED) is 0.784. The van der Waals surface area contributed by atoms with Crippen molar-refractivity contribution in [1.29, 1.82) is 0 Å². The van der Waals surface area contributed by atoms with Crippen LogP contribution >= 0.6 is 0 Å². The first-order valence-corrected chi connectivity index (χ1v) is 6.49. The lowest BCUT2D eigenvalue weighted by Crippen LogP contribution is -2.35. The van der Waals surface area contributed by atoms with Gasteiger partial charge in [-0.05, 0) is 25.0 Å². The smallest absolute Gasteiger partial charge is 0.342 e. The van der Waals surface area contributed by atoms with E-state index in [9.17, 15) is 26.3 Å². The van der Waals surface area contributed by atoms with Gasteiger partial charge in [0.15, 0.2) is 0 Å². The molecule has 0 amide bonds. The Kier molecular flexibility index (Phi) is 3.17. The molecule has 9 heteroatoms. The van der Waals surface area contributed by atoms with Gasteiger partial charge < -0.3 is 10.7 Å².